The number of fused-ring (bicyclic) bond motifs is 3. The molecule has 0 radical (unpaired) electrons. The number of primary amides is 1. The zero-order valence-electron chi connectivity index (χ0n) is 18.8. The fraction of sp³-hybridized carbons (Fsp3) is 0.333. The van der Waals surface area contributed by atoms with Crippen molar-refractivity contribution < 1.29 is 9.59 Å². The van der Waals surface area contributed by atoms with Crippen LogP contribution in [0, 0.1) is 6.57 Å². The highest BCUT2D eigenvalue weighted by Gasteiger charge is 2.37. The Morgan fingerprint density at radius 1 is 1.18 bits per heavy atom. The van der Waals surface area contributed by atoms with Gasteiger partial charge in [-0.25, -0.2) is 9.78 Å². The SMILES string of the molecule is [C-]#[N+]c1ccc(-c2ccc3ncc4c(c3n2)N(C2CCN(CC(N)=O)CC2)C(=O)N(C)C4)cn1. The van der Waals surface area contributed by atoms with E-state index in [4.69, 9.17) is 17.3 Å². The minimum absolute atomic E-state index is 0.0196. The second-order valence-electron chi connectivity index (χ2n) is 8.70. The van der Waals surface area contributed by atoms with Gasteiger partial charge in [-0.1, -0.05) is 12.6 Å². The molecule has 172 valence electrons. The zero-order chi connectivity index (χ0) is 23.8. The Balaban J connectivity index is 1.56. The van der Waals surface area contributed by atoms with Crippen LogP contribution in [0.2, 0.25) is 0 Å². The molecule has 5 heterocycles. The van der Waals surface area contributed by atoms with Gasteiger partial charge in [0.25, 0.3) is 5.82 Å². The van der Waals surface area contributed by atoms with Gasteiger partial charge >= 0.3 is 6.03 Å². The Hall–Kier alpha value is -4.10. The van der Waals surface area contributed by atoms with Crippen molar-refractivity contribution in [3.63, 3.8) is 0 Å². The minimum atomic E-state index is -0.342. The maximum absolute atomic E-state index is 13.4. The molecule has 2 aliphatic heterocycles. The first-order valence-corrected chi connectivity index (χ1v) is 11.1. The summed E-state index contributed by atoms with van der Waals surface area (Å²) in [5.74, 6) is -0.0173. The van der Waals surface area contributed by atoms with Gasteiger partial charge in [-0.3, -0.25) is 19.6 Å². The number of hydrogen-bond donors (Lipinski definition) is 1. The molecule has 2 aliphatic rings. The molecular formula is C24H24N8O2. The number of hydrogen-bond acceptors (Lipinski definition) is 6. The van der Waals surface area contributed by atoms with E-state index >= 15 is 0 Å². The Morgan fingerprint density at radius 3 is 2.65 bits per heavy atom. The highest BCUT2D eigenvalue weighted by molar-refractivity contribution is 6.04. The molecule has 0 bridgehead atoms. The van der Waals surface area contributed by atoms with E-state index in [-0.39, 0.29) is 24.5 Å². The first-order valence-electron chi connectivity index (χ1n) is 11.1. The second-order valence-corrected chi connectivity index (χ2v) is 8.70. The van der Waals surface area contributed by atoms with Crippen LogP contribution in [-0.2, 0) is 11.3 Å². The van der Waals surface area contributed by atoms with E-state index in [0.717, 1.165) is 29.7 Å². The lowest BCUT2D eigenvalue weighted by Gasteiger charge is -2.43. The van der Waals surface area contributed by atoms with Crippen molar-refractivity contribution in [1.82, 2.24) is 24.8 Å². The lowest BCUT2D eigenvalue weighted by Crippen LogP contribution is -2.54. The molecule has 34 heavy (non-hydrogen) atoms. The predicted octanol–water partition coefficient (Wildman–Crippen LogP) is 2.56. The number of carbonyl (C=O) groups is 2. The Labute approximate surface area is 196 Å². The summed E-state index contributed by atoms with van der Waals surface area (Å²) in [5.41, 5.74) is 9.98. The number of amides is 3. The summed E-state index contributed by atoms with van der Waals surface area (Å²) >= 11 is 0. The Kier molecular flexibility index (Phi) is 5.55. The smallest absolute Gasteiger partial charge is 0.324 e. The van der Waals surface area contributed by atoms with Gasteiger partial charge < -0.3 is 15.5 Å². The Bertz CT molecular complexity index is 1310. The number of likely N-dealkylation sites (tertiary alicyclic amines) is 1. The molecule has 1 saturated heterocycles. The predicted molar refractivity (Wildman–Crippen MR) is 127 cm³/mol. The normalized spacial score (nSPS) is 17.0. The molecule has 10 heteroatoms. The van der Waals surface area contributed by atoms with Crippen LogP contribution in [0.4, 0.5) is 16.3 Å². The summed E-state index contributed by atoms with van der Waals surface area (Å²) in [5, 5.41) is 0. The van der Waals surface area contributed by atoms with Gasteiger partial charge in [0.1, 0.15) is 11.7 Å². The number of rotatable bonds is 4. The fourth-order valence-electron chi connectivity index (χ4n) is 4.74. The second kappa shape index (κ2) is 8.68. The van der Waals surface area contributed by atoms with Gasteiger partial charge in [-0.05, 0) is 31.0 Å². The third kappa shape index (κ3) is 3.91. The van der Waals surface area contributed by atoms with Crippen LogP contribution in [0.15, 0.2) is 36.7 Å². The number of urea groups is 1. The number of anilines is 1. The van der Waals surface area contributed by atoms with Gasteiger partial charge in [-0.15, -0.1) is 4.98 Å². The van der Waals surface area contributed by atoms with Gasteiger partial charge in [0.2, 0.25) is 5.91 Å². The van der Waals surface area contributed by atoms with E-state index in [0.29, 0.717) is 42.2 Å². The summed E-state index contributed by atoms with van der Waals surface area (Å²) in [4.78, 5) is 47.3. The number of pyridine rings is 3. The van der Waals surface area contributed by atoms with Crippen LogP contribution in [0.25, 0.3) is 27.1 Å². The van der Waals surface area contributed by atoms with Crippen LogP contribution in [-0.4, -0.2) is 69.4 Å². The van der Waals surface area contributed by atoms with E-state index < -0.39 is 0 Å². The lowest BCUT2D eigenvalue weighted by atomic mass is 9.99. The molecule has 0 spiro atoms. The van der Waals surface area contributed by atoms with E-state index in [1.165, 1.54) is 0 Å². The summed E-state index contributed by atoms with van der Waals surface area (Å²) in [6, 6.07) is 7.18. The standard InChI is InChI=1S/C24H24N8O2/c1-26-21-6-3-15(11-28-21)18-4-5-19-22(29-18)23-16(12-27-19)13-30(2)24(34)32(23)17-7-9-31(10-8-17)14-20(25)33/h3-6,11-12,17H,7-10,13-14H2,2H3,(H2,25,33). The van der Waals surface area contributed by atoms with Crippen molar-refractivity contribution >= 4 is 34.5 Å². The van der Waals surface area contributed by atoms with E-state index in [2.05, 4.69) is 14.8 Å². The fourth-order valence-corrected chi connectivity index (χ4v) is 4.74. The lowest BCUT2D eigenvalue weighted by molar-refractivity contribution is -0.119. The molecule has 0 aromatic carbocycles. The molecule has 3 aromatic rings. The van der Waals surface area contributed by atoms with Crippen molar-refractivity contribution in [1.29, 1.82) is 0 Å². The van der Waals surface area contributed by atoms with Gasteiger partial charge in [0.05, 0.1) is 30.0 Å². The van der Waals surface area contributed by atoms with Crippen molar-refractivity contribution in [2.45, 2.75) is 25.4 Å². The van der Waals surface area contributed by atoms with E-state index in [9.17, 15) is 9.59 Å². The number of nitrogens with two attached hydrogens (primary N) is 1. The van der Waals surface area contributed by atoms with Crippen LogP contribution < -0.4 is 10.6 Å². The first-order chi connectivity index (χ1) is 16.4. The summed E-state index contributed by atoms with van der Waals surface area (Å²) in [6.45, 7) is 9.18. The molecule has 1 fully saturated rings. The van der Waals surface area contributed by atoms with Crippen molar-refractivity contribution in [3.05, 3.63) is 53.6 Å². The minimum Gasteiger partial charge on any atom is -0.369 e. The maximum atomic E-state index is 13.4. The van der Waals surface area contributed by atoms with Crippen LogP contribution in [0.5, 0.6) is 0 Å². The molecule has 3 amide bonds. The van der Waals surface area contributed by atoms with Crippen molar-refractivity contribution in [2.24, 2.45) is 5.73 Å². The third-order valence-corrected chi connectivity index (χ3v) is 6.40. The first kappa shape index (κ1) is 21.7. The number of nitrogens with zero attached hydrogens (tertiary/aromatic N) is 7. The van der Waals surface area contributed by atoms with Crippen molar-refractivity contribution in [2.75, 3.05) is 31.6 Å². The van der Waals surface area contributed by atoms with Gasteiger partial charge in [0, 0.05) is 43.5 Å². The molecule has 0 atom stereocenters. The summed E-state index contributed by atoms with van der Waals surface area (Å²) < 4.78 is 0. The van der Waals surface area contributed by atoms with Crippen LogP contribution in [0.3, 0.4) is 0 Å². The van der Waals surface area contributed by atoms with E-state index in [1.807, 2.05) is 34.2 Å². The molecule has 2 N–H and O–H groups in total. The summed E-state index contributed by atoms with van der Waals surface area (Å²) in [6.07, 6.45) is 4.93. The largest absolute Gasteiger partial charge is 0.369 e. The molecule has 5 rings (SSSR count). The maximum Gasteiger partial charge on any atom is 0.324 e. The average molecular weight is 457 g/mol. The van der Waals surface area contributed by atoms with Crippen LogP contribution >= 0.6 is 0 Å². The summed E-state index contributed by atoms with van der Waals surface area (Å²) in [7, 11) is 1.79. The van der Waals surface area contributed by atoms with Gasteiger partial charge in [0.15, 0.2) is 0 Å². The van der Waals surface area contributed by atoms with Crippen LogP contribution in [0.1, 0.15) is 18.4 Å². The monoisotopic (exact) mass is 456 g/mol. The molecule has 3 aromatic heterocycles. The highest BCUT2D eigenvalue weighted by Crippen LogP contribution is 2.37. The Morgan fingerprint density at radius 2 is 1.97 bits per heavy atom. The molecule has 0 saturated carbocycles. The third-order valence-electron chi connectivity index (χ3n) is 6.40. The quantitative estimate of drug-likeness (QED) is 0.604. The molecular weight excluding hydrogens is 432 g/mol. The van der Waals surface area contributed by atoms with E-state index in [1.54, 1.807) is 24.2 Å². The topological polar surface area (TPSA) is 113 Å². The number of carbonyl (C=O) groups excluding carboxylic acids is 2. The molecule has 10 nitrogen and oxygen atoms in total. The highest BCUT2D eigenvalue weighted by atomic mass is 16.2. The number of piperidine rings is 1. The average Bonchev–Trinajstić information content (AvgIpc) is 2.85. The molecule has 0 aliphatic carbocycles. The molecule has 0 unspecified atom stereocenters. The zero-order valence-corrected chi connectivity index (χ0v) is 18.8. The van der Waals surface area contributed by atoms with Crippen molar-refractivity contribution in [3.8, 4) is 11.3 Å². The van der Waals surface area contributed by atoms with Gasteiger partial charge in [-0.2, -0.15) is 0 Å². The number of aromatic nitrogens is 3.